The van der Waals surface area contributed by atoms with Gasteiger partial charge in [0.25, 0.3) is 0 Å². The van der Waals surface area contributed by atoms with Gasteiger partial charge in [0.15, 0.2) is 0 Å². The highest BCUT2D eigenvalue weighted by Crippen LogP contribution is 2.19. The molecule has 0 radical (unpaired) electrons. The lowest BCUT2D eigenvalue weighted by Gasteiger charge is -2.20. The van der Waals surface area contributed by atoms with Crippen LogP contribution in [-0.4, -0.2) is 27.7 Å². The van der Waals surface area contributed by atoms with Crippen LogP contribution in [-0.2, 0) is 6.42 Å². The molecule has 1 aromatic rings. The minimum atomic E-state index is 0.188. The van der Waals surface area contributed by atoms with E-state index in [0.29, 0.717) is 5.95 Å². The van der Waals surface area contributed by atoms with Crippen molar-refractivity contribution in [2.45, 2.75) is 71.3 Å². The van der Waals surface area contributed by atoms with E-state index in [-0.39, 0.29) is 12.6 Å². The molecule has 0 unspecified atom stereocenters. The topological polar surface area (TPSA) is 84.1 Å². The predicted molar refractivity (Wildman–Crippen MR) is 88.3 cm³/mol. The summed E-state index contributed by atoms with van der Waals surface area (Å²) in [6, 6.07) is 0.245. The van der Waals surface area contributed by atoms with Gasteiger partial charge in [0.1, 0.15) is 5.82 Å². The highest BCUT2D eigenvalue weighted by Gasteiger charge is 2.12. The summed E-state index contributed by atoms with van der Waals surface area (Å²) in [5.74, 6) is 1.14. The largest absolute Gasteiger partial charge is 0.396 e. The molecule has 1 atom stereocenters. The fourth-order valence-electron chi connectivity index (χ4n) is 2.38. The van der Waals surface area contributed by atoms with Crippen LogP contribution in [0.4, 0.5) is 11.8 Å². The van der Waals surface area contributed by atoms with Gasteiger partial charge in [-0.1, -0.05) is 39.5 Å². The molecule has 0 bridgehead atoms. The normalized spacial score (nSPS) is 12.3. The first-order valence-corrected chi connectivity index (χ1v) is 8.20. The van der Waals surface area contributed by atoms with Crippen LogP contribution in [0.3, 0.4) is 0 Å². The van der Waals surface area contributed by atoms with Gasteiger partial charge in [0.05, 0.1) is 0 Å². The van der Waals surface area contributed by atoms with Gasteiger partial charge in [-0.15, -0.1) is 0 Å². The number of aryl methyl sites for hydroxylation is 1. The van der Waals surface area contributed by atoms with Crippen molar-refractivity contribution < 1.29 is 5.11 Å². The summed E-state index contributed by atoms with van der Waals surface area (Å²) < 4.78 is 0. The third-order valence-electron chi connectivity index (χ3n) is 3.66. The average molecular weight is 294 g/mol. The van der Waals surface area contributed by atoms with Gasteiger partial charge < -0.3 is 16.2 Å². The van der Waals surface area contributed by atoms with Crippen molar-refractivity contribution >= 4 is 11.8 Å². The zero-order valence-electron chi connectivity index (χ0n) is 13.4. The van der Waals surface area contributed by atoms with Gasteiger partial charge in [-0.2, -0.15) is 4.98 Å². The van der Waals surface area contributed by atoms with Gasteiger partial charge in [0.2, 0.25) is 5.95 Å². The van der Waals surface area contributed by atoms with E-state index in [4.69, 9.17) is 5.73 Å². The van der Waals surface area contributed by atoms with Gasteiger partial charge in [0, 0.05) is 24.4 Å². The fourth-order valence-corrected chi connectivity index (χ4v) is 2.38. The Labute approximate surface area is 128 Å². The van der Waals surface area contributed by atoms with Crippen LogP contribution in [0.15, 0.2) is 6.20 Å². The SMILES string of the molecule is CCCCCc1cnc(N)nc1N[C@H](CCO)CCCC. The zero-order chi connectivity index (χ0) is 15.5. The van der Waals surface area contributed by atoms with Crippen LogP contribution in [0.2, 0.25) is 0 Å². The first-order valence-electron chi connectivity index (χ1n) is 8.20. The molecule has 120 valence electrons. The number of hydrogen-bond donors (Lipinski definition) is 3. The molecule has 5 nitrogen and oxygen atoms in total. The maximum absolute atomic E-state index is 9.21. The summed E-state index contributed by atoms with van der Waals surface area (Å²) >= 11 is 0. The van der Waals surface area contributed by atoms with Crippen molar-refractivity contribution in [3.63, 3.8) is 0 Å². The monoisotopic (exact) mass is 294 g/mol. The second kappa shape index (κ2) is 10.4. The highest BCUT2D eigenvalue weighted by atomic mass is 16.3. The second-order valence-corrected chi connectivity index (χ2v) is 5.55. The smallest absolute Gasteiger partial charge is 0.221 e. The molecule has 0 aromatic carbocycles. The molecule has 0 saturated carbocycles. The Morgan fingerprint density at radius 3 is 2.62 bits per heavy atom. The minimum absolute atomic E-state index is 0.188. The fraction of sp³-hybridized carbons (Fsp3) is 0.750. The number of aliphatic hydroxyl groups excluding tert-OH is 1. The third-order valence-corrected chi connectivity index (χ3v) is 3.66. The first-order chi connectivity index (χ1) is 10.2. The van der Waals surface area contributed by atoms with Crippen molar-refractivity contribution in [1.29, 1.82) is 0 Å². The molecular weight excluding hydrogens is 264 g/mol. The average Bonchev–Trinajstić information content (AvgIpc) is 2.47. The number of nitrogen functional groups attached to an aromatic ring is 1. The zero-order valence-corrected chi connectivity index (χ0v) is 13.4. The van der Waals surface area contributed by atoms with Crippen LogP contribution < -0.4 is 11.1 Å². The summed E-state index contributed by atoms with van der Waals surface area (Å²) in [5.41, 5.74) is 6.84. The molecule has 1 rings (SSSR count). The number of rotatable bonds is 11. The van der Waals surface area contributed by atoms with Crippen molar-refractivity contribution in [2.75, 3.05) is 17.7 Å². The first kappa shape index (κ1) is 17.7. The van der Waals surface area contributed by atoms with Crippen LogP contribution in [0.25, 0.3) is 0 Å². The van der Waals surface area contributed by atoms with E-state index < -0.39 is 0 Å². The van der Waals surface area contributed by atoms with E-state index in [1.807, 2.05) is 6.20 Å². The summed E-state index contributed by atoms with van der Waals surface area (Å²) in [5, 5.41) is 12.7. The Balaban J connectivity index is 2.74. The molecule has 0 amide bonds. The molecule has 0 aliphatic rings. The van der Waals surface area contributed by atoms with E-state index in [0.717, 1.165) is 49.9 Å². The molecule has 0 aliphatic heterocycles. The Hall–Kier alpha value is -1.36. The number of aromatic nitrogens is 2. The van der Waals surface area contributed by atoms with Crippen LogP contribution in [0.5, 0.6) is 0 Å². The van der Waals surface area contributed by atoms with Crippen molar-refractivity contribution in [1.82, 2.24) is 9.97 Å². The van der Waals surface area contributed by atoms with Gasteiger partial charge in [-0.05, 0) is 25.7 Å². The molecule has 0 saturated heterocycles. The molecular formula is C16H30N4O. The maximum Gasteiger partial charge on any atom is 0.221 e. The molecule has 1 heterocycles. The van der Waals surface area contributed by atoms with E-state index in [1.54, 1.807) is 0 Å². The molecule has 5 heteroatoms. The molecule has 4 N–H and O–H groups in total. The number of hydrogen-bond acceptors (Lipinski definition) is 5. The van der Waals surface area contributed by atoms with Crippen molar-refractivity contribution in [3.05, 3.63) is 11.8 Å². The summed E-state index contributed by atoms with van der Waals surface area (Å²) in [6.07, 6.45) is 10.4. The molecule has 1 aromatic heterocycles. The Bertz CT molecular complexity index is 398. The highest BCUT2D eigenvalue weighted by molar-refractivity contribution is 5.46. The standard InChI is InChI=1S/C16H30N4O/c1-3-5-7-8-13-12-18-16(17)20-15(13)19-14(10-11-21)9-6-4-2/h12,14,21H,3-11H2,1-2H3,(H3,17,18,19,20)/t14-/m0/s1. The maximum atomic E-state index is 9.21. The van der Waals surface area contributed by atoms with Gasteiger partial charge in [-0.25, -0.2) is 4.98 Å². The number of aliphatic hydroxyl groups is 1. The van der Waals surface area contributed by atoms with Crippen LogP contribution in [0, 0.1) is 0 Å². The number of nitrogens with one attached hydrogen (secondary N) is 1. The Morgan fingerprint density at radius 1 is 1.19 bits per heavy atom. The number of unbranched alkanes of at least 4 members (excludes halogenated alkanes) is 3. The van der Waals surface area contributed by atoms with E-state index >= 15 is 0 Å². The summed E-state index contributed by atoms with van der Waals surface area (Å²) in [4.78, 5) is 8.47. The quantitative estimate of drug-likeness (QED) is 0.546. The summed E-state index contributed by atoms with van der Waals surface area (Å²) in [6.45, 7) is 4.56. The molecule has 0 aliphatic carbocycles. The Morgan fingerprint density at radius 2 is 1.95 bits per heavy atom. The molecule has 21 heavy (non-hydrogen) atoms. The van der Waals surface area contributed by atoms with Crippen LogP contribution >= 0.6 is 0 Å². The Kier molecular flexibility index (Phi) is 8.74. The minimum Gasteiger partial charge on any atom is -0.396 e. The van der Waals surface area contributed by atoms with Crippen LogP contribution in [0.1, 0.15) is 64.4 Å². The van der Waals surface area contributed by atoms with Crippen molar-refractivity contribution in [2.24, 2.45) is 0 Å². The third kappa shape index (κ3) is 6.76. The van der Waals surface area contributed by atoms with E-state index in [9.17, 15) is 5.11 Å². The van der Waals surface area contributed by atoms with E-state index in [2.05, 4.69) is 29.1 Å². The molecule has 0 spiro atoms. The lowest BCUT2D eigenvalue weighted by atomic mass is 10.1. The van der Waals surface area contributed by atoms with Gasteiger partial charge in [-0.3, -0.25) is 0 Å². The summed E-state index contributed by atoms with van der Waals surface area (Å²) in [7, 11) is 0. The molecule has 0 fully saturated rings. The second-order valence-electron chi connectivity index (χ2n) is 5.55. The number of nitrogens with zero attached hydrogens (tertiary/aromatic N) is 2. The lowest BCUT2D eigenvalue weighted by molar-refractivity contribution is 0.276. The van der Waals surface area contributed by atoms with Gasteiger partial charge >= 0.3 is 0 Å². The van der Waals surface area contributed by atoms with Crippen molar-refractivity contribution in [3.8, 4) is 0 Å². The lowest BCUT2D eigenvalue weighted by Crippen LogP contribution is -2.23. The number of nitrogens with two attached hydrogens (primary N) is 1. The van der Waals surface area contributed by atoms with E-state index in [1.165, 1.54) is 12.8 Å². The predicted octanol–water partition coefficient (Wildman–Crippen LogP) is 3.14. The number of anilines is 2.